The average Bonchev–Trinajstić information content (AvgIpc) is 3.26. The highest BCUT2D eigenvalue weighted by atomic mass is 16.2. The number of hydrogen-bond acceptors (Lipinski definition) is 5. The molecule has 0 radical (unpaired) electrons. The fourth-order valence-corrected chi connectivity index (χ4v) is 4.10. The van der Waals surface area contributed by atoms with Crippen LogP contribution < -0.4 is 5.32 Å². The molecule has 0 aromatic carbocycles. The van der Waals surface area contributed by atoms with Gasteiger partial charge in [-0.25, -0.2) is 0 Å². The van der Waals surface area contributed by atoms with Crippen LogP contribution in [-0.4, -0.2) is 70.1 Å². The maximum absolute atomic E-state index is 12.8. The van der Waals surface area contributed by atoms with Gasteiger partial charge in [0.1, 0.15) is 5.82 Å². The quantitative estimate of drug-likeness (QED) is 0.748. The maximum Gasteiger partial charge on any atom is 0.249 e. The van der Waals surface area contributed by atoms with E-state index in [1.54, 1.807) is 0 Å². The maximum atomic E-state index is 12.8. The highest BCUT2D eigenvalue weighted by molar-refractivity contribution is 5.93. The number of nitrogens with one attached hydrogen (secondary N) is 1. The molecule has 8 heteroatoms. The second-order valence-corrected chi connectivity index (χ2v) is 8.78. The van der Waals surface area contributed by atoms with E-state index in [9.17, 15) is 9.59 Å². The van der Waals surface area contributed by atoms with Crippen LogP contribution in [0.3, 0.4) is 0 Å². The van der Waals surface area contributed by atoms with Crippen molar-refractivity contribution in [3.05, 3.63) is 23.3 Å². The molecule has 1 N–H and O–H groups in total. The van der Waals surface area contributed by atoms with Crippen molar-refractivity contribution in [2.24, 2.45) is 5.92 Å². The first-order chi connectivity index (χ1) is 13.8. The number of hydrogen-bond donors (Lipinski definition) is 1. The number of rotatable bonds is 7. The Kier molecular flexibility index (Phi) is 7.05. The first-order valence-electron chi connectivity index (χ1n) is 10.7. The Morgan fingerprint density at radius 2 is 1.97 bits per heavy atom. The number of allylic oxidation sites excluding steroid dienone is 1. The van der Waals surface area contributed by atoms with Gasteiger partial charge in [-0.15, -0.1) is 10.2 Å². The Balaban J connectivity index is 1.74. The van der Waals surface area contributed by atoms with Crippen molar-refractivity contribution < 1.29 is 9.59 Å². The third-order valence-electron chi connectivity index (χ3n) is 5.47. The molecule has 1 aromatic rings. The molecular formula is C21H34N6O2. The number of likely N-dealkylation sites (N-methyl/N-ethyl adjacent to an activating group) is 1. The minimum Gasteiger partial charge on any atom is -0.345 e. The predicted molar refractivity (Wildman–Crippen MR) is 111 cm³/mol. The average molecular weight is 403 g/mol. The molecule has 1 aliphatic carbocycles. The van der Waals surface area contributed by atoms with E-state index in [0.29, 0.717) is 38.5 Å². The first-order valence-corrected chi connectivity index (χ1v) is 10.7. The summed E-state index contributed by atoms with van der Waals surface area (Å²) in [5.74, 6) is 2.25. The lowest BCUT2D eigenvalue weighted by molar-refractivity contribution is -0.127. The second-order valence-electron chi connectivity index (χ2n) is 8.78. The second kappa shape index (κ2) is 9.52. The lowest BCUT2D eigenvalue weighted by Crippen LogP contribution is -2.38. The topological polar surface area (TPSA) is 83.4 Å². The number of aromatic nitrogens is 3. The van der Waals surface area contributed by atoms with Gasteiger partial charge < -0.3 is 19.7 Å². The van der Waals surface area contributed by atoms with Crippen molar-refractivity contribution in [1.29, 1.82) is 0 Å². The summed E-state index contributed by atoms with van der Waals surface area (Å²) in [4.78, 5) is 29.0. The van der Waals surface area contributed by atoms with Crippen LogP contribution in [0.2, 0.25) is 0 Å². The summed E-state index contributed by atoms with van der Waals surface area (Å²) in [7, 11) is 3.76. The van der Waals surface area contributed by atoms with Crippen LogP contribution in [0, 0.1) is 5.92 Å². The summed E-state index contributed by atoms with van der Waals surface area (Å²) >= 11 is 0. The number of carbonyl (C=O) groups excluding carboxylic acids is 2. The van der Waals surface area contributed by atoms with Crippen LogP contribution in [0.5, 0.6) is 0 Å². The van der Waals surface area contributed by atoms with Crippen molar-refractivity contribution in [1.82, 2.24) is 29.9 Å². The van der Waals surface area contributed by atoms with E-state index >= 15 is 0 Å². The Labute approximate surface area is 173 Å². The van der Waals surface area contributed by atoms with E-state index in [1.807, 2.05) is 23.9 Å². The van der Waals surface area contributed by atoms with Crippen LogP contribution in [0.4, 0.5) is 0 Å². The van der Waals surface area contributed by atoms with Crippen LogP contribution in [0.1, 0.15) is 57.2 Å². The van der Waals surface area contributed by atoms with E-state index < -0.39 is 0 Å². The molecule has 3 rings (SSSR count). The van der Waals surface area contributed by atoms with Crippen LogP contribution >= 0.6 is 0 Å². The highest BCUT2D eigenvalue weighted by Crippen LogP contribution is 2.24. The molecule has 0 spiro atoms. The van der Waals surface area contributed by atoms with E-state index in [0.717, 1.165) is 42.9 Å². The molecule has 0 bridgehead atoms. The van der Waals surface area contributed by atoms with E-state index in [-0.39, 0.29) is 17.9 Å². The zero-order valence-electron chi connectivity index (χ0n) is 18.1. The zero-order chi connectivity index (χ0) is 21.0. The lowest BCUT2D eigenvalue weighted by Gasteiger charge is -2.23. The molecule has 1 unspecified atom stereocenters. The standard InChI is InChI=1S/C21H34N6O2/c1-15(2)13-17(22-19(28)14-25(3)4)20-24-23-18-9-10-26(11-12-27(18)20)21(29)16-7-5-6-8-16/h7,15,17H,5-6,8-14H2,1-4H3,(H,22,28). The van der Waals surface area contributed by atoms with Crippen molar-refractivity contribution in [2.45, 2.75) is 58.5 Å². The summed E-state index contributed by atoms with van der Waals surface area (Å²) in [5.41, 5.74) is 0.955. The van der Waals surface area contributed by atoms with E-state index in [1.165, 1.54) is 0 Å². The monoisotopic (exact) mass is 402 g/mol. The molecule has 8 nitrogen and oxygen atoms in total. The van der Waals surface area contributed by atoms with Gasteiger partial charge in [0.25, 0.3) is 0 Å². The van der Waals surface area contributed by atoms with Gasteiger partial charge in [-0.2, -0.15) is 0 Å². The highest BCUT2D eigenvalue weighted by Gasteiger charge is 2.28. The third kappa shape index (κ3) is 5.44. The fourth-order valence-electron chi connectivity index (χ4n) is 4.10. The molecule has 29 heavy (non-hydrogen) atoms. The van der Waals surface area contributed by atoms with Gasteiger partial charge in [-0.3, -0.25) is 9.59 Å². The molecule has 160 valence electrons. The Bertz CT molecular complexity index is 767. The van der Waals surface area contributed by atoms with E-state index in [4.69, 9.17) is 0 Å². The Hall–Kier alpha value is -2.22. The molecular weight excluding hydrogens is 368 g/mol. The molecule has 1 atom stereocenters. The predicted octanol–water partition coefficient (Wildman–Crippen LogP) is 1.54. The first kappa shape index (κ1) is 21.5. The smallest absolute Gasteiger partial charge is 0.249 e. The minimum absolute atomic E-state index is 0.0170. The molecule has 2 amide bonds. The SMILES string of the molecule is CC(C)CC(NC(=O)CN(C)C)c1nnc2n1CCN(C(=O)C1=CCCC1)CC2. The Morgan fingerprint density at radius 1 is 1.17 bits per heavy atom. The largest absolute Gasteiger partial charge is 0.345 e. The lowest BCUT2D eigenvalue weighted by atomic mass is 10.0. The molecule has 1 aliphatic heterocycles. The molecule has 1 aromatic heterocycles. The van der Waals surface area contributed by atoms with Gasteiger partial charge in [0.15, 0.2) is 5.82 Å². The summed E-state index contributed by atoms with van der Waals surface area (Å²) < 4.78 is 2.11. The molecule has 2 aliphatic rings. The fraction of sp³-hybridized carbons (Fsp3) is 0.714. The molecule has 0 saturated carbocycles. The number of fused-ring (bicyclic) bond motifs is 1. The summed E-state index contributed by atoms with van der Waals surface area (Å²) in [6.07, 6.45) is 6.54. The summed E-state index contributed by atoms with van der Waals surface area (Å²) in [6, 6.07) is -0.177. The van der Waals surface area contributed by atoms with E-state index in [2.05, 4.69) is 40.0 Å². The zero-order valence-corrected chi connectivity index (χ0v) is 18.1. The number of carbonyl (C=O) groups is 2. The van der Waals surface area contributed by atoms with Gasteiger partial charge >= 0.3 is 0 Å². The summed E-state index contributed by atoms with van der Waals surface area (Å²) in [6.45, 7) is 6.59. The molecule has 0 fully saturated rings. The van der Waals surface area contributed by atoms with Gasteiger partial charge in [0, 0.05) is 31.6 Å². The van der Waals surface area contributed by atoms with Crippen molar-refractivity contribution in [3.8, 4) is 0 Å². The minimum atomic E-state index is -0.177. The molecule has 2 heterocycles. The van der Waals surface area contributed by atoms with Gasteiger partial charge in [0.2, 0.25) is 11.8 Å². The summed E-state index contributed by atoms with van der Waals surface area (Å²) in [5, 5.41) is 12.0. The van der Waals surface area contributed by atoms with Gasteiger partial charge in [-0.1, -0.05) is 19.9 Å². The third-order valence-corrected chi connectivity index (χ3v) is 5.47. The normalized spacial score (nSPS) is 17.9. The van der Waals surface area contributed by atoms with Gasteiger partial charge in [-0.05, 0) is 45.7 Å². The van der Waals surface area contributed by atoms with Crippen LogP contribution in [-0.2, 0) is 22.6 Å². The van der Waals surface area contributed by atoms with Crippen molar-refractivity contribution >= 4 is 11.8 Å². The van der Waals surface area contributed by atoms with Crippen LogP contribution in [0.15, 0.2) is 11.6 Å². The molecule has 0 saturated heterocycles. The van der Waals surface area contributed by atoms with Gasteiger partial charge in [0.05, 0.1) is 12.6 Å². The Morgan fingerprint density at radius 3 is 2.62 bits per heavy atom. The number of nitrogens with zero attached hydrogens (tertiary/aromatic N) is 5. The van der Waals surface area contributed by atoms with Crippen molar-refractivity contribution in [2.75, 3.05) is 33.7 Å². The van der Waals surface area contributed by atoms with Crippen LogP contribution in [0.25, 0.3) is 0 Å². The van der Waals surface area contributed by atoms with Crippen molar-refractivity contribution in [3.63, 3.8) is 0 Å². The number of amides is 2.